The summed E-state index contributed by atoms with van der Waals surface area (Å²) in [6.45, 7) is 0. The van der Waals surface area contributed by atoms with Gasteiger partial charge >= 0.3 is 15.1 Å². The van der Waals surface area contributed by atoms with Crippen LogP contribution in [0, 0.1) is 4.91 Å². The maximum atomic E-state index is 11.6. The van der Waals surface area contributed by atoms with E-state index in [4.69, 9.17) is 4.55 Å². The normalized spacial score (nSPS) is 15.8. The van der Waals surface area contributed by atoms with Crippen LogP contribution in [0.25, 0.3) is 0 Å². The van der Waals surface area contributed by atoms with Crippen LogP contribution in [0.3, 0.4) is 0 Å². The highest BCUT2D eigenvalue weighted by Crippen LogP contribution is 2.28. The molecular weight excluding hydrogens is 218 g/mol. The number of fused-ring (bicyclic) bond motifs is 1. The number of hydrogen-bond acceptors (Lipinski definition) is 3. The molecule has 1 aromatic carbocycles. The van der Waals surface area contributed by atoms with Crippen molar-refractivity contribution in [3.63, 3.8) is 0 Å². The fourth-order valence-corrected chi connectivity index (χ4v) is 2.09. The minimum Gasteiger partial charge on any atom is -0.277 e. The Hall–Kier alpha value is -1.53. The standard InChI is InChI=1S/C9H7NO4S/c11-10-8-4-2-1-3-7(8)5-6-9(10)15(12,13)14/h1-4,6H,5H2/p+1. The lowest BCUT2D eigenvalue weighted by atomic mass is 10.1. The zero-order valence-corrected chi connectivity index (χ0v) is 8.44. The summed E-state index contributed by atoms with van der Waals surface area (Å²) in [6, 6.07) is 6.65. The summed E-state index contributed by atoms with van der Waals surface area (Å²) in [6.07, 6.45) is 1.52. The van der Waals surface area contributed by atoms with E-state index < -0.39 is 15.1 Å². The van der Waals surface area contributed by atoms with E-state index in [-0.39, 0.29) is 10.4 Å². The summed E-state index contributed by atoms with van der Waals surface area (Å²) in [5.74, 6) is 0. The Kier molecular flexibility index (Phi) is 2.17. The minimum atomic E-state index is -4.44. The van der Waals surface area contributed by atoms with Crippen molar-refractivity contribution in [1.29, 1.82) is 0 Å². The van der Waals surface area contributed by atoms with Crippen molar-refractivity contribution in [3.8, 4) is 0 Å². The molecule has 0 unspecified atom stereocenters. The van der Waals surface area contributed by atoms with Gasteiger partial charge < -0.3 is 0 Å². The predicted molar refractivity (Wildman–Crippen MR) is 53.1 cm³/mol. The van der Waals surface area contributed by atoms with Gasteiger partial charge in [0.2, 0.25) is 0 Å². The number of para-hydroxylation sites is 1. The fourth-order valence-electron chi connectivity index (χ4n) is 1.49. The topological polar surface area (TPSA) is 74.5 Å². The highest BCUT2D eigenvalue weighted by molar-refractivity contribution is 7.89. The summed E-state index contributed by atoms with van der Waals surface area (Å²) in [7, 11) is -4.44. The molecule has 1 aliphatic rings. The van der Waals surface area contributed by atoms with Crippen molar-refractivity contribution in [1.82, 2.24) is 0 Å². The second kappa shape index (κ2) is 3.25. The second-order valence-electron chi connectivity index (χ2n) is 3.14. The second-order valence-corrected chi connectivity index (χ2v) is 4.51. The van der Waals surface area contributed by atoms with Crippen LogP contribution in [0.5, 0.6) is 0 Å². The van der Waals surface area contributed by atoms with E-state index in [0.717, 1.165) is 5.56 Å². The van der Waals surface area contributed by atoms with Crippen molar-refractivity contribution in [2.75, 3.05) is 0 Å². The molecule has 0 amide bonds. The third-order valence-electron chi connectivity index (χ3n) is 2.17. The van der Waals surface area contributed by atoms with Crippen LogP contribution in [-0.2, 0) is 16.5 Å². The average Bonchev–Trinajstić information content (AvgIpc) is 2.16. The van der Waals surface area contributed by atoms with E-state index in [1.54, 1.807) is 18.2 Å². The van der Waals surface area contributed by atoms with E-state index in [1.165, 1.54) is 12.1 Å². The zero-order chi connectivity index (χ0) is 11.1. The van der Waals surface area contributed by atoms with E-state index >= 15 is 0 Å². The Balaban J connectivity index is 2.56. The van der Waals surface area contributed by atoms with Gasteiger partial charge in [-0.2, -0.15) is 8.42 Å². The molecule has 2 rings (SSSR count). The Labute approximate surface area is 86.4 Å². The Morgan fingerprint density at radius 1 is 1.27 bits per heavy atom. The molecule has 15 heavy (non-hydrogen) atoms. The van der Waals surface area contributed by atoms with Crippen molar-refractivity contribution in [2.45, 2.75) is 6.42 Å². The molecular formula is C9H8NO4S+. The van der Waals surface area contributed by atoms with Crippen LogP contribution in [-0.4, -0.2) is 17.7 Å². The Bertz CT molecular complexity index is 559. The van der Waals surface area contributed by atoms with Crippen LogP contribution in [0.1, 0.15) is 5.56 Å². The highest BCUT2D eigenvalue weighted by Gasteiger charge is 2.37. The summed E-state index contributed by atoms with van der Waals surface area (Å²) in [5.41, 5.74) is 0.993. The van der Waals surface area contributed by atoms with Gasteiger partial charge in [0, 0.05) is 29.0 Å². The SMILES string of the molecule is O=[N+]1C(S(=O)(=O)O)=CCc2ccccc21. The molecule has 0 bridgehead atoms. The van der Waals surface area contributed by atoms with Gasteiger partial charge in [0.15, 0.2) is 0 Å². The third kappa shape index (κ3) is 1.69. The van der Waals surface area contributed by atoms with Gasteiger partial charge in [-0.15, -0.1) is 0 Å². The molecule has 0 spiro atoms. The van der Waals surface area contributed by atoms with Gasteiger partial charge in [0.05, 0.1) is 4.76 Å². The maximum absolute atomic E-state index is 11.6. The van der Waals surface area contributed by atoms with Crippen LogP contribution < -0.4 is 0 Å². The van der Waals surface area contributed by atoms with Crippen LogP contribution in [0.15, 0.2) is 35.4 Å². The highest BCUT2D eigenvalue weighted by atomic mass is 32.2. The zero-order valence-electron chi connectivity index (χ0n) is 7.62. The molecule has 0 atom stereocenters. The average molecular weight is 226 g/mol. The molecule has 0 saturated heterocycles. The lowest BCUT2D eigenvalue weighted by Crippen LogP contribution is -2.16. The molecule has 1 heterocycles. The molecule has 0 aromatic heterocycles. The minimum absolute atomic E-state index is 0.230. The van der Waals surface area contributed by atoms with Crippen molar-refractivity contribution in [3.05, 3.63) is 45.8 Å². The molecule has 6 heteroatoms. The third-order valence-corrected chi connectivity index (χ3v) is 3.03. The van der Waals surface area contributed by atoms with Crippen molar-refractivity contribution < 1.29 is 17.7 Å². The molecule has 0 fully saturated rings. The van der Waals surface area contributed by atoms with E-state index in [0.29, 0.717) is 6.42 Å². The van der Waals surface area contributed by atoms with E-state index in [9.17, 15) is 13.3 Å². The monoisotopic (exact) mass is 226 g/mol. The first-order chi connectivity index (χ1) is 7.00. The summed E-state index contributed by atoms with van der Waals surface area (Å²) < 4.78 is 30.7. The van der Waals surface area contributed by atoms with Gasteiger partial charge in [-0.25, -0.2) is 0 Å². The Morgan fingerprint density at radius 2 is 1.93 bits per heavy atom. The quantitative estimate of drug-likeness (QED) is 0.580. The summed E-state index contributed by atoms with van der Waals surface area (Å²) in [4.78, 5) is 11.6. The first-order valence-corrected chi connectivity index (χ1v) is 5.67. The molecule has 1 aromatic rings. The lowest BCUT2D eigenvalue weighted by Gasteiger charge is -2.05. The van der Waals surface area contributed by atoms with Gasteiger partial charge in [-0.3, -0.25) is 4.55 Å². The first kappa shape index (κ1) is 10.0. The summed E-state index contributed by atoms with van der Waals surface area (Å²) >= 11 is 0. The fraction of sp³-hybridized carbons (Fsp3) is 0.111. The number of allylic oxidation sites excluding steroid dienone is 1. The van der Waals surface area contributed by atoms with Crippen LogP contribution >= 0.6 is 0 Å². The molecule has 0 aliphatic carbocycles. The molecule has 78 valence electrons. The molecule has 0 saturated carbocycles. The molecule has 1 N–H and O–H groups in total. The first-order valence-electron chi connectivity index (χ1n) is 4.23. The number of nitrogens with zero attached hydrogens (tertiary/aromatic N) is 1. The van der Waals surface area contributed by atoms with Gasteiger partial charge in [-0.05, 0) is 0 Å². The number of benzene rings is 1. The van der Waals surface area contributed by atoms with Crippen molar-refractivity contribution in [2.24, 2.45) is 0 Å². The van der Waals surface area contributed by atoms with Crippen LogP contribution in [0.4, 0.5) is 5.69 Å². The van der Waals surface area contributed by atoms with E-state index in [2.05, 4.69) is 0 Å². The smallest absolute Gasteiger partial charge is 0.277 e. The van der Waals surface area contributed by atoms with Crippen molar-refractivity contribution >= 4 is 15.8 Å². The molecule has 5 nitrogen and oxygen atoms in total. The van der Waals surface area contributed by atoms with Gasteiger partial charge in [0.1, 0.15) is 0 Å². The summed E-state index contributed by atoms with van der Waals surface area (Å²) in [5, 5.41) is -0.610. The number of rotatable bonds is 1. The maximum Gasteiger partial charge on any atom is 0.376 e. The number of hydrogen-bond donors (Lipinski definition) is 1. The number of nitroso groups, excluding NO2 is 1. The van der Waals surface area contributed by atoms with E-state index in [1.807, 2.05) is 0 Å². The lowest BCUT2D eigenvalue weighted by molar-refractivity contribution is -0.397. The predicted octanol–water partition coefficient (Wildman–Crippen LogP) is 1.38. The molecule has 1 aliphatic heterocycles. The largest absolute Gasteiger partial charge is 0.376 e. The van der Waals surface area contributed by atoms with Crippen LogP contribution in [0.2, 0.25) is 0 Å². The molecule has 0 radical (unpaired) electrons. The van der Waals surface area contributed by atoms with Gasteiger partial charge in [0.25, 0.3) is 5.69 Å². The van der Waals surface area contributed by atoms with Gasteiger partial charge in [-0.1, -0.05) is 18.2 Å². The Morgan fingerprint density at radius 3 is 2.60 bits per heavy atom.